The summed E-state index contributed by atoms with van der Waals surface area (Å²) in [5, 5.41) is 107. The number of aromatic nitrogens is 2. The Morgan fingerprint density at radius 3 is 1.78 bits per heavy atom. The first-order valence-electron chi connectivity index (χ1n) is 48.0. The molecule has 3 aromatic carbocycles. The van der Waals surface area contributed by atoms with E-state index in [0.717, 1.165) is 32.6 Å². The van der Waals surface area contributed by atoms with Crippen molar-refractivity contribution in [3.8, 4) is 17.2 Å². The molecular weight excluding hydrogens is 1900 g/mol. The molecule has 17 amide bonds. The number of carbonyl (C=O) groups excluding carboxylic acids is 17. The summed E-state index contributed by atoms with van der Waals surface area (Å²) >= 11 is 0. The van der Waals surface area contributed by atoms with E-state index in [0.29, 0.717) is 52.8 Å². The molecule has 5 heterocycles. The second-order valence-electron chi connectivity index (χ2n) is 35.8. The van der Waals surface area contributed by atoms with Gasteiger partial charge in [0.1, 0.15) is 102 Å². The molecule has 8 rings (SSSR count). The summed E-state index contributed by atoms with van der Waals surface area (Å²) in [5.41, 5.74) is 25.4. The van der Waals surface area contributed by atoms with Crippen molar-refractivity contribution in [2.45, 2.75) is 278 Å². The Morgan fingerprint density at radius 2 is 1.14 bits per heavy atom. The highest BCUT2D eigenvalue weighted by atomic mass is 33.1. The number of hydrogen-bond donors (Lipinski definition) is 26. The van der Waals surface area contributed by atoms with Crippen LogP contribution in [-0.2, 0) is 112 Å². The molecule has 4 saturated heterocycles. The van der Waals surface area contributed by atoms with E-state index < -0.39 is 253 Å². The number of aliphatic hydroxyl groups is 2. The number of aliphatic hydroxyl groups excluding tert-OH is 2. The molecule has 143 heavy (non-hydrogen) atoms. The largest absolute Gasteiger partial charge is 0.508 e. The zero-order valence-corrected chi connectivity index (χ0v) is 81.8. The number of nitrogens with two attached hydrogens (primary N) is 4. The van der Waals surface area contributed by atoms with Gasteiger partial charge in [-0.25, -0.2) is 9.78 Å². The summed E-state index contributed by atoms with van der Waals surface area (Å²) in [7, 11) is 1.33. The molecule has 30 N–H and O–H groups in total. The number of hydrogen-bond acceptors (Lipinski definition) is 29. The zero-order chi connectivity index (χ0) is 105. The number of guanidine groups is 1. The third-order valence-electron chi connectivity index (χ3n) is 24.7. The van der Waals surface area contributed by atoms with E-state index in [1.165, 1.54) is 107 Å². The van der Waals surface area contributed by atoms with Crippen LogP contribution >= 0.6 is 21.6 Å². The van der Waals surface area contributed by atoms with Crippen LogP contribution < -0.4 is 97.4 Å². The Balaban J connectivity index is 1.18. The van der Waals surface area contributed by atoms with Crippen LogP contribution in [0.4, 0.5) is 0 Å². The fraction of sp³-hybridized carbons (Fsp3) is 0.570. The Kier molecular flexibility index (Phi) is 46.7. The topological polar surface area (TPSA) is 763 Å². The molecule has 1 aromatic heterocycles. The molecule has 784 valence electrons. The Hall–Kier alpha value is -13.5. The lowest BCUT2D eigenvalue weighted by molar-refractivity contribution is -0.152. The molecule has 0 unspecified atom stereocenters. The van der Waals surface area contributed by atoms with Gasteiger partial charge in [0.2, 0.25) is 100 Å². The predicted molar refractivity (Wildman–Crippen MR) is 522 cm³/mol. The fourth-order valence-electron chi connectivity index (χ4n) is 16.6. The number of phenols is 3. The number of fused-ring (bicyclic) bond motifs is 1. The van der Waals surface area contributed by atoms with Gasteiger partial charge >= 0.3 is 5.97 Å². The molecule has 0 radical (unpaired) electrons. The SMILES string of the molecule is CCCCCCCC(=O)NCCCC[C@H](NC(=O)[C@H](CCC(N)=O)NC(=O)[C@H](Cc1ccc(O)cc1)NC(=O)[C@@H]1CSSC[C@H](NC(=O)[C@@H](NC(=O)[C@H](Cc2cnc[nH]2)NC(=O)[C@@H](N)Cc2ccc(O)cc2)[C@@H](C)O)C(=O)N[C@@H](CO)C(=O)N[C@@H](C)C(=O)N2CCC[C@@H]2C(=O)NCC[C@H](N)C(=O)N[C@@H](CCCNC(=N)N)C(=O)N[C@@H](Cc2ccc(O)cc2)C(=O)N1)C(=O)N1CCC[C@@H]1C(=O)N1CCC[C@H]1C(=O)O. The number of aromatic amines is 1. The first kappa shape index (κ1) is 115. The first-order chi connectivity index (χ1) is 68.2. The van der Waals surface area contributed by atoms with Gasteiger partial charge in [0.15, 0.2) is 5.96 Å². The van der Waals surface area contributed by atoms with Crippen molar-refractivity contribution in [3.05, 3.63) is 108 Å². The van der Waals surface area contributed by atoms with Crippen LogP contribution in [0.5, 0.6) is 17.2 Å². The van der Waals surface area contributed by atoms with Crippen LogP contribution in [-0.4, -0.2) is 328 Å². The number of imidazole rings is 1. The van der Waals surface area contributed by atoms with E-state index in [1.54, 1.807) is 0 Å². The van der Waals surface area contributed by atoms with Crippen molar-refractivity contribution in [2.75, 3.05) is 57.4 Å². The van der Waals surface area contributed by atoms with Crippen molar-refractivity contribution < 1.29 is 117 Å². The number of rotatable bonds is 43. The molecule has 0 spiro atoms. The monoisotopic (exact) mass is 2040 g/mol. The minimum absolute atomic E-state index is 0.00156. The number of nitrogens with zero attached hydrogens (tertiary/aromatic N) is 4. The van der Waals surface area contributed by atoms with Gasteiger partial charge in [-0.3, -0.25) is 86.9 Å². The van der Waals surface area contributed by atoms with Crippen molar-refractivity contribution in [1.29, 1.82) is 5.41 Å². The third-order valence-corrected chi connectivity index (χ3v) is 27.1. The smallest absolute Gasteiger partial charge is 0.326 e. The average molecular weight is 2040 g/mol. The minimum Gasteiger partial charge on any atom is -0.508 e. The number of amides is 17. The normalized spacial score (nSPS) is 21.8. The second kappa shape index (κ2) is 58.2. The number of aliphatic carboxylic acids is 1. The Morgan fingerprint density at radius 1 is 0.566 bits per heavy atom. The molecule has 4 aromatic rings. The van der Waals surface area contributed by atoms with Crippen molar-refractivity contribution >= 4 is 134 Å². The van der Waals surface area contributed by atoms with Crippen LogP contribution in [0.2, 0.25) is 0 Å². The number of benzene rings is 3. The van der Waals surface area contributed by atoms with Gasteiger partial charge in [0, 0.05) is 94.8 Å². The van der Waals surface area contributed by atoms with E-state index in [4.69, 9.17) is 28.3 Å². The standard InChI is InChI=1S/C93H136N24O24S2/c1-4-5-6-7-8-20-75(124)100-36-10-9-15-64(90(138)116-40-13-18-72(116)91(139)117-41-14-19-73(117)92(140)141)107-80(128)63(33-34-74(96)123)106-81(129)65(43-54-23-29-58(121)30-24-54)110-85(133)69-48-142-143-49-70(113-88(136)76(52(3)119)114-83(131)67(45-56-46-99-50-103-56)108-78(126)61(95)42-53-21-27-57(120)28-22-53)86(134)111-68(47-118)84(132)104-51(2)89(137)115-39-12-17-71(115)87(135)101-38-35-60(94)77(125)105-62(16-11-37-102-93(97)98)79(127)109-66(82(130)112-69)44-55-25-31-59(122)32-26-55/h21-32,46,50-52,60-73,76,118-122H,4-20,33-45,47-49,94-95H2,1-3H3,(H2,96,123)(H,99,103)(H,100,124)(H,101,135)(H,104,132)(H,105,125)(H,106,129)(H,107,128)(H,108,126)(H,109,127)(H,110,133)(H,111,134)(H,112,130)(H,113,136)(H,114,131)(H,140,141)(H4,97,98,102)/t51-,52+,60-,61-,62-,63-,64-,65-,66-,67-,68-,69-,70-,71+,72+,73-,76-/m0/s1. The lowest BCUT2D eigenvalue weighted by Gasteiger charge is -2.33. The summed E-state index contributed by atoms with van der Waals surface area (Å²) in [4.78, 5) is 271. The minimum atomic E-state index is -2.03. The quantitative estimate of drug-likeness (QED) is 0.00857. The van der Waals surface area contributed by atoms with E-state index in [9.17, 15) is 83.4 Å². The second-order valence-corrected chi connectivity index (χ2v) is 38.4. The zero-order valence-electron chi connectivity index (χ0n) is 80.2. The van der Waals surface area contributed by atoms with E-state index in [-0.39, 0.29) is 156 Å². The molecule has 0 saturated carbocycles. The molecule has 4 fully saturated rings. The highest BCUT2D eigenvalue weighted by Crippen LogP contribution is 2.29. The third kappa shape index (κ3) is 37.1. The lowest BCUT2D eigenvalue weighted by atomic mass is 10.0. The number of aromatic hydroxyl groups is 3. The van der Waals surface area contributed by atoms with Gasteiger partial charge in [-0.1, -0.05) is 90.6 Å². The van der Waals surface area contributed by atoms with Crippen molar-refractivity contribution in [1.82, 2.24) is 99.1 Å². The maximum absolute atomic E-state index is 15.9. The summed E-state index contributed by atoms with van der Waals surface area (Å²) < 4.78 is 0. The number of carboxylic acid groups (broad SMARTS) is 1. The Labute approximate surface area is 834 Å². The summed E-state index contributed by atoms with van der Waals surface area (Å²) in [6.45, 7) is 3.19. The molecular formula is C93H136N24O24S2. The van der Waals surface area contributed by atoms with Crippen LogP contribution in [0.15, 0.2) is 85.3 Å². The summed E-state index contributed by atoms with van der Waals surface area (Å²) in [5.74, 6) is -20.1. The van der Waals surface area contributed by atoms with Crippen LogP contribution in [0.25, 0.3) is 0 Å². The van der Waals surface area contributed by atoms with Gasteiger partial charge in [0.05, 0.1) is 31.1 Å². The van der Waals surface area contributed by atoms with Gasteiger partial charge in [-0.15, -0.1) is 0 Å². The summed E-state index contributed by atoms with van der Waals surface area (Å²) in [6.07, 6.45) is 4.16. The van der Waals surface area contributed by atoms with Gasteiger partial charge in [-0.2, -0.15) is 0 Å². The fourth-order valence-corrected chi connectivity index (χ4v) is 19.0. The van der Waals surface area contributed by atoms with Crippen LogP contribution in [0.1, 0.15) is 172 Å². The highest BCUT2D eigenvalue weighted by molar-refractivity contribution is 8.76. The van der Waals surface area contributed by atoms with Gasteiger partial charge in [-0.05, 0) is 163 Å². The maximum atomic E-state index is 15.9. The number of H-pyrrole nitrogens is 1. The maximum Gasteiger partial charge on any atom is 0.326 e. The first-order valence-corrected chi connectivity index (χ1v) is 50.5. The predicted octanol–water partition coefficient (Wildman–Crippen LogP) is -4.69. The van der Waals surface area contributed by atoms with Crippen LogP contribution in [0, 0.1) is 5.41 Å². The van der Waals surface area contributed by atoms with Crippen molar-refractivity contribution in [2.24, 2.45) is 22.9 Å². The van der Waals surface area contributed by atoms with Gasteiger partial charge < -0.3 is 148 Å². The number of likely N-dealkylation sites (tertiary alicyclic amines) is 2. The number of carboxylic acids is 1. The molecule has 0 bridgehead atoms. The van der Waals surface area contributed by atoms with E-state index >= 15 is 33.6 Å². The molecule has 4 aliphatic rings. The number of nitrogens with one attached hydrogen (secondary N) is 16. The number of unbranched alkanes of at least 4 members (excludes halogenated alkanes) is 5. The number of primary amides is 1. The average Bonchev–Trinajstić information content (AvgIpc) is 1.86. The Bertz CT molecular complexity index is 5010. The van der Waals surface area contributed by atoms with E-state index in [2.05, 4.69) is 91.3 Å². The highest BCUT2D eigenvalue weighted by Gasteiger charge is 2.46. The van der Waals surface area contributed by atoms with Crippen LogP contribution in [0.3, 0.4) is 0 Å². The van der Waals surface area contributed by atoms with Gasteiger partial charge in [0.25, 0.3) is 0 Å². The number of phenolic OH excluding ortho intramolecular Hbond substituents is 3. The molecule has 0 aliphatic carbocycles. The summed E-state index contributed by atoms with van der Waals surface area (Å²) in [6, 6.07) is -9.52. The number of carbonyl (C=O) groups is 18. The molecule has 50 heteroatoms. The van der Waals surface area contributed by atoms with E-state index in [1.807, 2.05) is 0 Å². The molecule has 4 aliphatic heterocycles. The van der Waals surface area contributed by atoms with Crippen molar-refractivity contribution in [3.63, 3.8) is 0 Å². The lowest BCUT2D eigenvalue weighted by Crippen LogP contribution is -2.62. The molecule has 48 nitrogen and oxygen atoms in total. The molecule has 17 atom stereocenters.